The van der Waals surface area contributed by atoms with Gasteiger partial charge < -0.3 is 15.0 Å². The fourth-order valence-corrected chi connectivity index (χ4v) is 4.10. The highest BCUT2D eigenvalue weighted by Gasteiger charge is 2.32. The summed E-state index contributed by atoms with van der Waals surface area (Å²) in [5, 5.41) is 3.08. The number of carbonyl (C=O) groups excluding carboxylic acids is 2. The van der Waals surface area contributed by atoms with Gasteiger partial charge >= 0.3 is 0 Å². The molecule has 2 amide bonds. The van der Waals surface area contributed by atoms with Gasteiger partial charge in [-0.3, -0.25) is 14.5 Å². The molecule has 3 aliphatic rings. The Bertz CT molecular complexity index is 423. The van der Waals surface area contributed by atoms with E-state index in [2.05, 4.69) is 10.2 Å². The average molecular weight is 337 g/mol. The SMILES string of the molecule is O=C(NCCN1CCOCC1)C1CCC(C(=O)N2CCCC2)CC1. The summed E-state index contributed by atoms with van der Waals surface area (Å²) in [4.78, 5) is 29.1. The summed E-state index contributed by atoms with van der Waals surface area (Å²) in [6.07, 6.45) is 5.74. The van der Waals surface area contributed by atoms with Crippen LogP contribution in [0.25, 0.3) is 0 Å². The van der Waals surface area contributed by atoms with Crippen molar-refractivity contribution in [3.8, 4) is 0 Å². The molecular formula is C18H31N3O3. The molecule has 0 aromatic rings. The molecule has 2 heterocycles. The molecule has 6 heteroatoms. The van der Waals surface area contributed by atoms with Gasteiger partial charge in [0.05, 0.1) is 13.2 Å². The number of hydrogen-bond donors (Lipinski definition) is 1. The third kappa shape index (κ3) is 4.70. The molecule has 24 heavy (non-hydrogen) atoms. The second-order valence-electron chi connectivity index (χ2n) is 7.33. The van der Waals surface area contributed by atoms with Gasteiger partial charge in [-0.15, -0.1) is 0 Å². The van der Waals surface area contributed by atoms with Crippen molar-refractivity contribution in [2.45, 2.75) is 38.5 Å². The van der Waals surface area contributed by atoms with Crippen LogP contribution < -0.4 is 5.32 Å². The maximum Gasteiger partial charge on any atom is 0.225 e. The standard InChI is InChI=1S/C18H31N3O3/c22-17(19-7-10-20-11-13-24-14-12-20)15-3-5-16(6-4-15)18(23)21-8-1-2-9-21/h15-16H,1-14H2,(H,19,22). The van der Waals surface area contributed by atoms with Gasteiger partial charge in [0, 0.05) is 51.1 Å². The lowest BCUT2D eigenvalue weighted by atomic mass is 9.81. The lowest BCUT2D eigenvalue weighted by Crippen LogP contribution is -2.43. The molecule has 0 bridgehead atoms. The van der Waals surface area contributed by atoms with Crippen LogP contribution in [0.2, 0.25) is 0 Å². The highest BCUT2D eigenvalue weighted by atomic mass is 16.5. The fraction of sp³-hybridized carbons (Fsp3) is 0.889. The molecule has 3 rings (SSSR count). The molecule has 0 aromatic heterocycles. The summed E-state index contributed by atoms with van der Waals surface area (Å²) < 4.78 is 5.33. The molecule has 0 unspecified atom stereocenters. The zero-order valence-electron chi connectivity index (χ0n) is 14.7. The van der Waals surface area contributed by atoms with Gasteiger partial charge in [0.2, 0.25) is 11.8 Å². The molecule has 1 aliphatic carbocycles. The molecule has 0 aromatic carbocycles. The van der Waals surface area contributed by atoms with Crippen LogP contribution in [-0.2, 0) is 14.3 Å². The lowest BCUT2D eigenvalue weighted by molar-refractivity contribution is -0.137. The number of carbonyl (C=O) groups is 2. The fourth-order valence-electron chi connectivity index (χ4n) is 4.10. The van der Waals surface area contributed by atoms with E-state index in [1.807, 2.05) is 4.90 Å². The molecule has 0 spiro atoms. The summed E-state index contributed by atoms with van der Waals surface area (Å²) in [7, 11) is 0. The van der Waals surface area contributed by atoms with E-state index in [1.54, 1.807) is 0 Å². The van der Waals surface area contributed by atoms with Crippen molar-refractivity contribution in [1.29, 1.82) is 0 Å². The Balaban J connectivity index is 1.33. The number of nitrogens with zero attached hydrogens (tertiary/aromatic N) is 2. The van der Waals surface area contributed by atoms with E-state index in [1.165, 1.54) is 0 Å². The van der Waals surface area contributed by atoms with Gasteiger partial charge in [-0.05, 0) is 38.5 Å². The van der Waals surface area contributed by atoms with E-state index in [-0.39, 0.29) is 17.7 Å². The van der Waals surface area contributed by atoms with Gasteiger partial charge in [-0.1, -0.05) is 0 Å². The van der Waals surface area contributed by atoms with E-state index >= 15 is 0 Å². The minimum Gasteiger partial charge on any atom is -0.379 e. The van der Waals surface area contributed by atoms with Crippen molar-refractivity contribution < 1.29 is 14.3 Å². The van der Waals surface area contributed by atoms with Gasteiger partial charge in [0.25, 0.3) is 0 Å². The van der Waals surface area contributed by atoms with E-state index < -0.39 is 0 Å². The zero-order chi connectivity index (χ0) is 16.8. The zero-order valence-corrected chi connectivity index (χ0v) is 14.7. The number of ether oxygens (including phenoxy) is 1. The smallest absolute Gasteiger partial charge is 0.225 e. The van der Waals surface area contributed by atoms with Crippen LogP contribution in [0.3, 0.4) is 0 Å². The Kier molecular flexibility index (Phi) is 6.49. The highest BCUT2D eigenvalue weighted by molar-refractivity contribution is 5.81. The van der Waals surface area contributed by atoms with Gasteiger partial charge in [-0.2, -0.15) is 0 Å². The van der Waals surface area contributed by atoms with Crippen molar-refractivity contribution in [2.75, 3.05) is 52.5 Å². The first-order chi connectivity index (χ1) is 11.7. The Labute approximate surface area is 144 Å². The van der Waals surface area contributed by atoms with Crippen LogP contribution in [0.1, 0.15) is 38.5 Å². The molecular weight excluding hydrogens is 306 g/mol. The summed E-state index contributed by atoms with van der Waals surface area (Å²) in [5.41, 5.74) is 0. The van der Waals surface area contributed by atoms with Gasteiger partial charge in [0.15, 0.2) is 0 Å². The maximum atomic E-state index is 12.4. The van der Waals surface area contributed by atoms with Gasteiger partial charge in [0.1, 0.15) is 0 Å². The Morgan fingerprint density at radius 2 is 1.54 bits per heavy atom. The minimum atomic E-state index is 0.0947. The summed E-state index contributed by atoms with van der Waals surface area (Å²) in [5.74, 6) is 0.756. The number of morpholine rings is 1. The Hall–Kier alpha value is -1.14. The quantitative estimate of drug-likeness (QED) is 0.808. The second-order valence-corrected chi connectivity index (χ2v) is 7.33. The monoisotopic (exact) mass is 337 g/mol. The topological polar surface area (TPSA) is 61.9 Å². The van der Waals surface area contributed by atoms with Crippen LogP contribution in [0.4, 0.5) is 0 Å². The van der Waals surface area contributed by atoms with E-state index in [0.29, 0.717) is 12.5 Å². The molecule has 3 fully saturated rings. The van der Waals surface area contributed by atoms with Crippen molar-refractivity contribution in [3.05, 3.63) is 0 Å². The number of amides is 2. The minimum absolute atomic E-state index is 0.0947. The average Bonchev–Trinajstić information content (AvgIpc) is 3.17. The number of rotatable bonds is 5. The highest BCUT2D eigenvalue weighted by Crippen LogP contribution is 2.31. The number of likely N-dealkylation sites (tertiary alicyclic amines) is 1. The third-order valence-electron chi connectivity index (χ3n) is 5.70. The van der Waals surface area contributed by atoms with Crippen molar-refractivity contribution in [1.82, 2.24) is 15.1 Å². The van der Waals surface area contributed by atoms with Crippen molar-refractivity contribution in [2.24, 2.45) is 11.8 Å². The van der Waals surface area contributed by atoms with Gasteiger partial charge in [-0.25, -0.2) is 0 Å². The summed E-state index contributed by atoms with van der Waals surface area (Å²) >= 11 is 0. The third-order valence-corrected chi connectivity index (χ3v) is 5.70. The predicted molar refractivity (Wildman–Crippen MR) is 91.5 cm³/mol. The van der Waals surface area contributed by atoms with E-state index in [0.717, 1.165) is 84.5 Å². The first-order valence-electron chi connectivity index (χ1n) is 9.60. The number of nitrogens with one attached hydrogen (secondary N) is 1. The first-order valence-corrected chi connectivity index (χ1v) is 9.60. The molecule has 136 valence electrons. The Morgan fingerprint density at radius 1 is 0.917 bits per heavy atom. The van der Waals surface area contributed by atoms with Crippen LogP contribution in [0.15, 0.2) is 0 Å². The van der Waals surface area contributed by atoms with Crippen molar-refractivity contribution >= 4 is 11.8 Å². The van der Waals surface area contributed by atoms with Crippen LogP contribution in [0, 0.1) is 11.8 Å². The number of hydrogen-bond acceptors (Lipinski definition) is 4. The normalized spacial score (nSPS) is 28.8. The summed E-state index contributed by atoms with van der Waals surface area (Å²) in [6.45, 7) is 6.98. The summed E-state index contributed by atoms with van der Waals surface area (Å²) in [6, 6.07) is 0. The van der Waals surface area contributed by atoms with Crippen molar-refractivity contribution in [3.63, 3.8) is 0 Å². The predicted octanol–water partition coefficient (Wildman–Crippen LogP) is 0.864. The molecule has 6 nitrogen and oxygen atoms in total. The second kappa shape index (κ2) is 8.81. The van der Waals surface area contributed by atoms with Crippen LogP contribution >= 0.6 is 0 Å². The molecule has 0 radical (unpaired) electrons. The molecule has 0 atom stereocenters. The van der Waals surface area contributed by atoms with Crippen LogP contribution in [-0.4, -0.2) is 74.1 Å². The van der Waals surface area contributed by atoms with Crippen LogP contribution in [0.5, 0.6) is 0 Å². The molecule has 1 saturated carbocycles. The Morgan fingerprint density at radius 3 is 2.21 bits per heavy atom. The largest absolute Gasteiger partial charge is 0.379 e. The maximum absolute atomic E-state index is 12.4. The van der Waals surface area contributed by atoms with E-state index in [4.69, 9.17) is 4.74 Å². The molecule has 2 saturated heterocycles. The first kappa shape index (κ1) is 17.7. The molecule has 1 N–H and O–H groups in total. The molecule has 2 aliphatic heterocycles. The van der Waals surface area contributed by atoms with E-state index in [9.17, 15) is 9.59 Å². The lowest BCUT2D eigenvalue weighted by Gasteiger charge is -2.30.